The second-order valence-electron chi connectivity index (χ2n) is 16.0. The summed E-state index contributed by atoms with van der Waals surface area (Å²) in [4.78, 5) is 2.45. The summed E-state index contributed by atoms with van der Waals surface area (Å²) in [5.74, 6) is 0. The number of hydrogen-bond acceptors (Lipinski definition) is 1. The molecule has 0 saturated heterocycles. The maximum atomic E-state index is 2.47. The Morgan fingerprint density at radius 2 is 0.613 bits per heavy atom. The van der Waals surface area contributed by atoms with Gasteiger partial charge in [0.1, 0.15) is 0 Å². The summed E-state index contributed by atoms with van der Waals surface area (Å²) in [7, 11) is 0. The molecule has 0 saturated carbocycles. The number of fused-ring (bicyclic) bond motifs is 3. The maximum Gasteiger partial charge on any atom is 0.0714 e. The van der Waals surface area contributed by atoms with E-state index in [2.05, 4.69) is 266 Å². The lowest BCUT2D eigenvalue weighted by molar-refractivity contribution is 0.768. The van der Waals surface area contributed by atoms with E-state index in [1.54, 1.807) is 0 Å². The SMILES string of the molecule is c1ccc(-c2ccc(-c3ccc4c(c3)C(c3ccccc3)(c3ccccc3)c3cc(N(c5ccc(-c6ccccc6)cc5)c5ccccc5-c5ccccc5)ccc3-4)cc2)cc1. The van der Waals surface area contributed by atoms with Crippen molar-refractivity contribution in [3.05, 3.63) is 283 Å². The lowest BCUT2D eigenvalue weighted by Gasteiger charge is -2.35. The van der Waals surface area contributed by atoms with Crippen LogP contribution in [0.15, 0.2) is 261 Å². The molecule has 1 heteroatoms. The molecule has 0 fully saturated rings. The summed E-state index contributed by atoms with van der Waals surface area (Å²) < 4.78 is 0. The first-order valence-corrected chi connectivity index (χ1v) is 21.4. The van der Waals surface area contributed by atoms with Crippen LogP contribution in [0.25, 0.3) is 55.6 Å². The number of para-hydroxylation sites is 1. The molecule has 1 aliphatic rings. The fourth-order valence-corrected chi connectivity index (χ4v) is 9.67. The van der Waals surface area contributed by atoms with Crippen molar-refractivity contribution < 1.29 is 0 Å². The van der Waals surface area contributed by atoms with Crippen molar-refractivity contribution in [1.29, 1.82) is 0 Å². The van der Waals surface area contributed by atoms with Gasteiger partial charge in [-0.15, -0.1) is 0 Å². The molecule has 0 aliphatic heterocycles. The van der Waals surface area contributed by atoms with Crippen LogP contribution < -0.4 is 4.90 Å². The van der Waals surface area contributed by atoms with Gasteiger partial charge in [-0.25, -0.2) is 0 Å². The summed E-state index contributed by atoms with van der Waals surface area (Å²) in [6, 6.07) is 95.3. The summed E-state index contributed by atoms with van der Waals surface area (Å²) in [6.45, 7) is 0. The Morgan fingerprint density at radius 3 is 1.16 bits per heavy atom. The summed E-state index contributed by atoms with van der Waals surface area (Å²) in [6.07, 6.45) is 0. The van der Waals surface area contributed by atoms with Crippen LogP contribution >= 0.6 is 0 Å². The Bertz CT molecular complexity index is 3080. The average molecular weight is 790 g/mol. The number of anilines is 3. The Balaban J connectivity index is 1.13. The number of nitrogens with zero attached hydrogens (tertiary/aromatic N) is 1. The molecule has 1 aliphatic carbocycles. The minimum absolute atomic E-state index is 0.592. The molecule has 0 N–H and O–H groups in total. The molecule has 0 unspecified atom stereocenters. The quantitative estimate of drug-likeness (QED) is 0.141. The maximum absolute atomic E-state index is 2.47. The molecule has 0 amide bonds. The van der Waals surface area contributed by atoms with Gasteiger partial charge in [0, 0.05) is 16.9 Å². The minimum atomic E-state index is -0.592. The van der Waals surface area contributed by atoms with Crippen LogP contribution in [0.4, 0.5) is 17.1 Å². The van der Waals surface area contributed by atoms with E-state index in [9.17, 15) is 0 Å². The van der Waals surface area contributed by atoms with Crippen molar-refractivity contribution in [3.8, 4) is 55.6 Å². The van der Waals surface area contributed by atoms with Gasteiger partial charge in [-0.05, 0) is 109 Å². The zero-order valence-corrected chi connectivity index (χ0v) is 34.3. The van der Waals surface area contributed by atoms with Crippen LogP contribution in [-0.2, 0) is 5.41 Å². The second-order valence-corrected chi connectivity index (χ2v) is 16.0. The van der Waals surface area contributed by atoms with E-state index in [4.69, 9.17) is 0 Å². The zero-order valence-electron chi connectivity index (χ0n) is 34.3. The summed E-state index contributed by atoms with van der Waals surface area (Å²) in [5.41, 5.74) is 19.8. The molecule has 62 heavy (non-hydrogen) atoms. The summed E-state index contributed by atoms with van der Waals surface area (Å²) in [5, 5.41) is 0. The molecule has 0 radical (unpaired) electrons. The first-order chi connectivity index (χ1) is 30.8. The highest BCUT2D eigenvalue weighted by Gasteiger charge is 2.46. The molecule has 0 spiro atoms. The van der Waals surface area contributed by atoms with Crippen LogP contribution in [0.5, 0.6) is 0 Å². The molecular formula is C61H43N. The Hall–Kier alpha value is -8.00. The first-order valence-electron chi connectivity index (χ1n) is 21.4. The third-order valence-corrected chi connectivity index (χ3v) is 12.6. The molecule has 10 aromatic carbocycles. The van der Waals surface area contributed by atoms with Crippen molar-refractivity contribution in [2.45, 2.75) is 5.41 Å². The van der Waals surface area contributed by atoms with Gasteiger partial charge in [-0.2, -0.15) is 0 Å². The molecule has 10 aromatic rings. The van der Waals surface area contributed by atoms with E-state index >= 15 is 0 Å². The minimum Gasteiger partial charge on any atom is -0.310 e. The van der Waals surface area contributed by atoms with Gasteiger partial charge in [0.15, 0.2) is 0 Å². The van der Waals surface area contributed by atoms with E-state index in [1.807, 2.05) is 0 Å². The monoisotopic (exact) mass is 789 g/mol. The average Bonchev–Trinajstić information content (AvgIpc) is 3.65. The van der Waals surface area contributed by atoms with Gasteiger partial charge < -0.3 is 4.90 Å². The molecule has 0 aromatic heterocycles. The van der Waals surface area contributed by atoms with Crippen LogP contribution in [-0.4, -0.2) is 0 Å². The molecule has 0 heterocycles. The van der Waals surface area contributed by atoms with Gasteiger partial charge in [-0.1, -0.05) is 224 Å². The number of hydrogen-bond donors (Lipinski definition) is 0. The zero-order chi connectivity index (χ0) is 41.3. The Labute approximate surface area is 364 Å². The van der Waals surface area contributed by atoms with Gasteiger partial charge >= 0.3 is 0 Å². The molecule has 0 bridgehead atoms. The van der Waals surface area contributed by atoms with Gasteiger partial charge in [-0.3, -0.25) is 0 Å². The van der Waals surface area contributed by atoms with Crippen molar-refractivity contribution >= 4 is 17.1 Å². The first kappa shape index (κ1) is 37.0. The highest BCUT2D eigenvalue weighted by Crippen LogP contribution is 2.58. The second kappa shape index (κ2) is 15.9. The number of benzene rings is 10. The summed E-state index contributed by atoms with van der Waals surface area (Å²) >= 11 is 0. The highest BCUT2D eigenvalue weighted by atomic mass is 15.1. The van der Waals surface area contributed by atoms with Crippen LogP contribution in [0.1, 0.15) is 22.3 Å². The third-order valence-electron chi connectivity index (χ3n) is 12.6. The third kappa shape index (κ3) is 6.43. The van der Waals surface area contributed by atoms with Crippen LogP contribution in [0, 0.1) is 0 Å². The Morgan fingerprint density at radius 1 is 0.242 bits per heavy atom. The smallest absolute Gasteiger partial charge is 0.0714 e. The molecule has 1 nitrogen and oxygen atoms in total. The molecule has 0 atom stereocenters. The van der Waals surface area contributed by atoms with E-state index in [-0.39, 0.29) is 0 Å². The van der Waals surface area contributed by atoms with Crippen molar-refractivity contribution in [1.82, 2.24) is 0 Å². The van der Waals surface area contributed by atoms with E-state index in [1.165, 1.54) is 77.9 Å². The fourth-order valence-electron chi connectivity index (χ4n) is 9.67. The van der Waals surface area contributed by atoms with E-state index in [0.717, 1.165) is 17.1 Å². The van der Waals surface area contributed by atoms with Gasteiger partial charge in [0.2, 0.25) is 0 Å². The van der Waals surface area contributed by atoms with Gasteiger partial charge in [0.25, 0.3) is 0 Å². The fraction of sp³-hybridized carbons (Fsp3) is 0.0164. The molecule has 11 rings (SSSR count). The topological polar surface area (TPSA) is 3.24 Å². The highest BCUT2D eigenvalue weighted by molar-refractivity contribution is 5.93. The Kier molecular flexibility index (Phi) is 9.48. The van der Waals surface area contributed by atoms with Crippen LogP contribution in [0.3, 0.4) is 0 Å². The van der Waals surface area contributed by atoms with Crippen molar-refractivity contribution in [2.24, 2.45) is 0 Å². The molecular weight excluding hydrogens is 747 g/mol. The van der Waals surface area contributed by atoms with Crippen molar-refractivity contribution in [3.63, 3.8) is 0 Å². The predicted molar refractivity (Wildman–Crippen MR) is 260 cm³/mol. The standard InChI is InChI=1S/C61H43N/c1-6-18-44(19-7-1)46-30-32-48(33-31-46)50-36-40-56-57-41-39-54(43-59(57)61(58(56)42-50,51-24-12-4-13-25-51)52-26-14-5-15-27-52)62(53-37-34-47(35-38-53)45-20-8-2-9-21-45)60-29-17-16-28-55(60)49-22-10-3-11-23-49/h1-43H. The van der Waals surface area contributed by atoms with E-state index in [0.29, 0.717) is 0 Å². The van der Waals surface area contributed by atoms with E-state index < -0.39 is 5.41 Å². The lowest BCUT2D eigenvalue weighted by atomic mass is 9.67. The molecule has 292 valence electrons. The van der Waals surface area contributed by atoms with Crippen LogP contribution in [0.2, 0.25) is 0 Å². The largest absolute Gasteiger partial charge is 0.310 e. The lowest BCUT2D eigenvalue weighted by Crippen LogP contribution is -2.28. The normalized spacial score (nSPS) is 12.3. The predicted octanol–water partition coefficient (Wildman–Crippen LogP) is 16.2. The van der Waals surface area contributed by atoms with Gasteiger partial charge in [0.05, 0.1) is 11.1 Å². The van der Waals surface area contributed by atoms with Crippen molar-refractivity contribution in [2.75, 3.05) is 4.90 Å². The number of rotatable bonds is 9.